The summed E-state index contributed by atoms with van der Waals surface area (Å²) in [6, 6.07) is 12.6. The molecule has 6 nitrogen and oxygen atoms in total. The van der Waals surface area contributed by atoms with Crippen LogP contribution >= 0.6 is 0 Å². The Labute approximate surface area is 149 Å². The lowest BCUT2D eigenvalue weighted by Crippen LogP contribution is -2.42. The van der Waals surface area contributed by atoms with E-state index in [0.29, 0.717) is 5.56 Å². The minimum Gasteiger partial charge on any atom is -0.482 e. The second kappa shape index (κ2) is 5.91. The molecule has 2 atom stereocenters. The first kappa shape index (κ1) is 16.2. The number of carbonyl (C=O) groups excluding carboxylic acids is 2. The van der Waals surface area contributed by atoms with Crippen LogP contribution in [0.3, 0.4) is 0 Å². The summed E-state index contributed by atoms with van der Waals surface area (Å²) in [5, 5.41) is 11.6. The van der Waals surface area contributed by atoms with Crippen LogP contribution in [-0.4, -0.2) is 29.1 Å². The van der Waals surface area contributed by atoms with E-state index < -0.39 is 22.7 Å². The van der Waals surface area contributed by atoms with Gasteiger partial charge in [0.1, 0.15) is 0 Å². The molecule has 26 heavy (non-hydrogen) atoms. The van der Waals surface area contributed by atoms with Crippen molar-refractivity contribution in [1.29, 1.82) is 0 Å². The van der Waals surface area contributed by atoms with Gasteiger partial charge in [-0.3, -0.25) is 19.7 Å². The van der Waals surface area contributed by atoms with Gasteiger partial charge in [0, 0.05) is 16.1 Å². The number of nitrogens with zero attached hydrogens (tertiary/aromatic N) is 1. The van der Waals surface area contributed by atoms with Crippen molar-refractivity contribution in [3.63, 3.8) is 0 Å². The normalized spacial score (nSPS) is 21.7. The summed E-state index contributed by atoms with van der Waals surface area (Å²) in [5.74, 6) is -1.65. The zero-order chi connectivity index (χ0) is 18.4. The topological polar surface area (TPSA) is 86.5 Å². The van der Waals surface area contributed by atoms with E-state index in [0.717, 1.165) is 5.56 Å². The largest absolute Gasteiger partial charge is 0.482 e. The summed E-state index contributed by atoms with van der Waals surface area (Å²) >= 11 is 0. The molecule has 0 saturated carbocycles. The van der Waals surface area contributed by atoms with E-state index >= 15 is 0 Å². The second-order valence-corrected chi connectivity index (χ2v) is 6.50. The lowest BCUT2D eigenvalue weighted by Gasteiger charge is -2.32. The number of aryl methyl sites for hydroxylation is 1. The molecule has 0 fully saturated rings. The molecule has 1 aliphatic heterocycles. The number of fused-ring (bicyclic) bond motifs is 1. The van der Waals surface area contributed by atoms with Gasteiger partial charge < -0.3 is 4.74 Å². The number of carbonyl (C=O) groups is 2. The molecule has 0 radical (unpaired) electrons. The highest BCUT2D eigenvalue weighted by atomic mass is 16.6. The van der Waals surface area contributed by atoms with Crippen LogP contribution in [0.1, 0.15) is 37.8 Å². The lowest BCUT2D eigenvalue weighted by atomic mass is 9.75. The molecular weight excluding hydrogens is 334 g/mol. The fraction of sp³-hybridized carbons (Fsp3) is 0.200. The van der Waals surface area contributed by atoms with E-state index in [9.17, 15) is 19.7 Å². The molecule has 0 amide bonds. The maximum atomic E-state index is 13.1. The van der Waals surface area contributed by atoms with Crippen molar-refractivity contribution in [2.24, 2.45) is 0 Å². The van der Waals surface area contributed by atoms with Crippen molar-refractivity contribution in [3.05, 3.63) is 92.2 Å². The Morgan fingerprint density at radius 2 is 1.62 bits per heavy atom. The molecule has 4 rings (SSSR count). The average Bonchev–Trinajstić information content (AvgIpc) is 2.65. The number of ketones is 2. The van der Waals surface area contributed by atoms with Gasteiger partial charge in [0.15, 0.2) is 18.1 Å². The number of rotatable bonds is 2. The predicted octanol–water partition coefficient (Wildman–Crippen LogP) is 3.09. The van der Waals surface area contributed by atoms with E-state index in [-0.39, 0.29) is 34.8 Å². The molecule has 0 aromatic heterocycles. The van der Waals surface area contributed by atoms with Crippen molar-refractivity contribution in [1.82, 2.24) is 0 Å². The molecule has 2 aromatic rings. The van der Waals surface area contributed by atoms with Gasteiger partial charge in [-0.15, -0.1) is 0 Å². The molecule has 1 heterocycles. The average molecular weight is 349 g/mol. The molecule has 0 bridgehead atoms. The van der Waals surface area contributed by atoms with E-state index in [1.807, 2.05) is 19.1 Å². The molecule has 0 N–H and O–H groups in total. The number of hydrogen-bond donors (Lipinski definition) is 0. The molecule has 0 saturated heterocycles. The zero-order valence-corrected chi connectivity index (χ0v) is 14.0. The molecule has 0 unspecified atom stereocenters. The SMILES string of the molecule is Cc1ccc([C@H]2C3=C(OC[C@@H]2[N+](=O)[O-])C(=O)c2ccccc2C3=O)cc1. The Morgan fingerprint density at radius 3 is 2.23 bits per heavy atom. The summed E-state index contributed by atoms with van der Waals surface area (Å²) in [5.41, 5.74) is 2.27. The van der Waals surface area contributed by atoms with Crippen LogP contribution in [0.15, 0.2) is 59.9 Å². The second-order valence-electron chi connectivity index (χ2n) is 6.50. The Bertz CT molecular complexity index is 974. The predicted molar refractivity (Wildman–Crippen MR) is 92.8 cm³/mol. The maximum Gasteiger partial charge on any atom is 0.257 e. The molecule has 1 aliphatic carbocycles. The molecule has 2 aliphatic rings. The van der Waals surface area contributed by atoms with Gasteiger partial charge in [-0.1, -0.05) is 54.1 Å². The van der Waals surface area contributed by atoms with E-state index in [1.54, 1.807) is 36.4 Å². The summed E-state index contributed by atoms with van der Waals surface area (Å²) in [6.45, 7) is 1.67. The van der Waals surface area contributed by atoms with Crippen LogP contribution in [0.5, 0.6) is 0 Å². The van der Waals surface area contributed by atoms with Gasteiger partial charge in [0.2, 0.25) is 5.78 Å². The summed E-state index contributed by atoms with van der Waals surface area (Å²) in [6.07, 6.45) is 0. The smallest absolute Gasteiger partial charge is 0.257 e. The van der Waals surface area contributed by atoms with Gasteiger partial charge in [0.05, 0.1) is 11.5 Å². The Morgan fingerprint density at radius 1 is 1.00 bits per heavy atom. The maximum absolute atomic E-state index is 13.1. The third kappa shape index (κ3) is 2.34. The minimum atomic E-state index is -1.13. The number of nitro groups is 1. The van der Waals surface area contributed by atoms with Crippen molar-refractivity contribution in [2.45, 2.75) is 18.9 Å². The van der Waals surface area contributed by atoms with Crippen LogP contribution in [-0.2, 0) is 4.74 Å². The number of benzene rings is 2. The van der Waals surface area contributed by atoms with Crippen LogP contribution < -0.4 is 0 Å². The third-order valence-corrected chi connectivity index (χ3v) is 4.91. The molecule has 2 aromatic carbocycles. The highest BCUT2D eigenvalue weighted by Crippen LogP contribution is 2.41. The number of hydrogen-bond acceptors (Lipinski definition) is 5. The lowest BCUT2D eigenvalue weighted by molar-refractivity contribution is -0.529. The Kier molecular flexibility index (Phi) is 3.68. The zero-order valence-electron chi connectivity index (χ0n) is 14.0. The quantitative estimate of drug-likeness (QED) is 0.614. The summed E-state index contributed by atoms with van der Waals surface area (Å²) < 4.78 is 5.44. The molecular formula is C20H15NO5. The monoisotopic (exact) mass is 349 g/mol. The van der Waals surface area contributed by atoms with Crippen LogP contribution in [0.4, 0.5) is 0 Å². The first-order valence-electron chi connectivity index (χ1n) is 8.24. The minimum absolute atomic E-state index is 0.0580. The number of allylic oxidation sites excluding steroid dienone is 1. The van der Waals surface area contributed by atoms with Gasteiger partial charge >= 0.3 is 0 Å². The van der Waals surface area contributed by atoms with E-state index in [1.165, 1.54) is 0 Å². The van der Waals surface area contributed by atoms with Crippen LogP contribution in [0, 0.1) is 17.0 Å². The van der Waals surface area contributed by atoms with Gasteiger partial charge in [-0.25, -0.2) is 0 Å². The van der Waals surface area contributed by atoms with Crippen LogP contribution in [0.2, 0.25) is 0 Å². The molecule has 130 valence electrons. The summed E-state index contributed by atoms with van der Waals surface area (Å²) in [4.78, 5) is 37.1. The first-order chi connectivity index (χ1) is 12.5. The van der Waals surface area contributed by atoms with Gasteiger partial charge in [0.25, 0.3) is 6.04 Å². The number of Topliss-reactive ketones (excluding diaryl/α,β-unsaturated/α-hetero) is 2. The fourth-order valence-corrected chi connectivity index (χ4v) is 3.60. The van der Waals surface area contributed by atoms with E-state index in [4.69, 9.17) is 4.74 Å². The van der Waals surface area contributed by atoms with Crippen molar-refractivity contribution < 1.29 is 19.2 Å². The van der Waals surface area contributed by atoms with Crippen molar-refractivity contribution in [3.8, 4) is 0 Å². The van der Waals surface area contributed by atoms with Crippen molar-refractivity contribution >= 4 is 11.6 Å². The molecule has 6 heteroatoms. The summed E-state index contributed by atoms with van der Waals surface area (Å²) in [7, 11) is 0. The highest BCUT2D eigenvalue weighted by Gasteiger charge is 2.48. The van der Waals surface area contributed by atoms with Gasteiger partial charge in [-0.2, -0.15) is 0 Å². The first-order valence-corrected chi connectivity index (χ1v) is 8.24. The van der Waals surface area contributed by atoms with E-state index in [2.05, 4.69) is 0 Å². The number of ether oxygens (including phenoxy) is 1. The standard InChI is InChI=1S/C20H15NO5/c1-11-6-8-12(9-7-11)16-15(21(24)25)10-26-20-17(16)18(22)13-4-2-3-5-14(13)19(20)23/h2-9,15-16H,10H2,1H3/t15-,16+/m0/s1. The van der Waals surface area contributed by atoms with Crippen LogP contribution in [0.25, 0.3) is 0 Å². The molecule has 0 spiro atoms. The fourth-order valence-electron chi connectivity index (χ4n) is 3.60. The van der Waals surface area contributed by atoms with Gasteiger partial charge in [-0.05, 0) is 12.5 Å². The Hall–Kier alpha value is -3.28. The Balaban J connectivity index is 1.93. The highest BCUT2D eigenvalue weighted by molar-refractivity contribution is 6.26. The third-order valence-electron chi connectivity index (χ3n) is 4.91. The van der Waals surface area contributed by atoms with Crippen molar-refractivity contribution in [2.75, 3.05) is 6.61 Å².